The van der Waals surface area contributed by atoms with Crippen LogP contribution in [0.1, 0.15) is 58.4 Å². The van der Waals surface area contributed by atoms with E-state index in [1.54, 1.807) is 26.0 Å². The fourth-order valence-corrected chi connectivity index (χ4v) is 3.42. The lowest BCUT2D eigenvalue weighted by Crippen LogP contribution is -2.63. The van der Waals surface area contributed by atoms with E-state index in [0.29, 0.717) is 24.1 Å². The van der Waals surface area contributed by atoms with E-state index >= 15 is 0 Å². The Labute approximate surface area is 171 Å². The van der Waals surface area contributed by atoms with Crippen LogP contribution in [0.2, 0.25) is 0 Å². The number of esters is 2. The van der Waals surface area contributed by atoms with E-state index in [9.17, 15) is 19.8 Å². The summed E-state index contributed by atoms with van der Waals surface area (Å²) in [5.41, 5.74) is -2.08. The highest BCUT2D eigenvalue weighted by Crippen LogP contribution is 2.35. The van der Waals surface area contributed by atoms with Crippen molar-refractivity contribution in [3.63, 3.8) is 0 Å². The van der Waals surface area contributed by atoms with E-state index < -0.39 is 29.4 Å². The van der Waals surface area contributed by atoms with Crippen LogP contribution in [0.3, 0.4) is 0 Å². The third-order valence-electron chi connectivity index (χ3n) is 5.58. The van der Waals surface area contributed by atoms with Gasteiger partial charge in [0.2, 0.25) is 5.60 Å². The van der Waals surface area contributed by atoms with Crippen LogP contribution >= 0.6 is 0 Å². The van der Waals surface area contributed by atoms with Gasteiger partial charge in [0.05, 0.1) is 11.8 Å². The van der Waals surface area contributed by atoms with Gasteiger partial charge in [-0.15, -0.1) is 0 Å². The van der Waals surface area contributed by atoms with Crippen molar-refractivity contribution in [2.75, 3.05) is 7.11 Å². The number of rotatable bonds is 8. The standard InChI is InChI=1S/C21H31NO7/c1-7-13(2)18(23)29-16-9-11-22-10-8-15(17(16)22)12-28-19(24)21(26,14(3)27-6)20(4,5)25/h7-8,10,14,16,25-26H,9,11-12H2,1-6H3/b13-7+. The number of ether oxygens (including phenoxy) is 3. The van der Waals surface area contributed by atoms with Crippen LogP contribution in [0.5, 0.6) is 0 Å². The Balaban J connectivity index is 2.17. The highest BCUT2D eigenvalue weighted by molar-refractivity contribution is 5.87. The smallest absolute Gasteiger partial charge is 0.344 e. The highest BCUT2D eigenvalue weighted by atomic mass is 16.6. The fraction of sp³-hybridized carbons (Fsp3) is 0.619. The first-order chi connectivity index (χ1) is 13.5. The quantitative estimate of drug-likeness (QED) is 0.500. The molecule has 0 fully saturated rings. The molecule has 0 bridgehead atoms. The van der Waals surface area contributed by atoms with E-state index in [1.165, 1.54) is 27.9 Å². The Kier molecular flexibility index (Phi) is 6.93. The zero-order chi connectivity index (χ0) is 22.0. The van der Waals surface area contributed by atoms with Crippen molar-refractivity contribution < 1.29 is 34.0 Å². The SMILES string of the molecule is C/C=C(\C)C(=O)OC1CCn2ccc(COC(=O)C(O)(C(C)OC)C(C)(C)O)c21. The van der Waals surface area contributed by atoms with Crippen LogP contribution in [-0.4, -0.2) is 51.1 Å². The number of aliphatic hydroxyl groups is 2. The molecule has 2 rings (SSSR count). The van der Waals surface area contributed by atoms with Gasteiger partial charge in [-0.1, -0.05) is 6.08 Å². The van der Waals surface area contributed by atoms with Gasteiger partial charge in [0.25, 0.3) is 0 Å². The second-order valence-electron chi connectivity index (χ2n) is 7.85. The van der Waals surface area contributed by atoms with Gasteiger partial charge in [-0.2, -0.15) is 0 Å². The first-order valence-corrected chi connectivity index (χ1v) is 9.63. The van der Waals surface area contributed by atoms with Gasteiger partial charge in [0.15, 0.2) is 0 Å². The van der Waals surface area contributed by atoms with Crippen molar-refractivity contribution in [3.05, 3.63) is 35.2 Å². The summed E-state index contributed by atoms with van der Waals surface area (Å²) in [4.78, 5) is 24.8. The van der Waals surface area contributed by atoms with Crippen LogP contribution in [-0.2, 0) is 37.0 Å². The molecule has 29 heavy (non-hydrogen) atoms. The molecule has 2 heterocycles. The minimum absolute atomic E-state index is 0.132. The summed E-state index contributed by atoms with van der Waals surface area (Å²) in [6, 6.07) is 1.79. The maximum absolute atomic E-state index is 12.7. The number of aryl methyl sites for hydroxylation is 1. The maximum Gasteiger partial charge on any atom is 0.344 e. The number of hydrogen-bond donors (Lipinski definition) is 2. The minimum Gasteiger partial charge on any atom is -0.458 e. The number of carbonyl (C=O) groups is 2. The molecule has 2 N–H and O–H groups in total. The average Bonchev–Trinajstić information content (AvgIpc) is 3.26. The van der Waals surface area contributed by atoms with Crippen molar-refractivity contribution in [2.24, 2.45) is 0 Å². The van der Waals surface area contributed by atoms with Crippen LogP contribution in [0, 0.1) is 0 Å². The summed E-state index contributed by atoms with van der Waals surface area (Å²) in [5, 5.41) is 21.2. The Morgan fingerprint density at radius 3 is 2.59 bits per heavy atom. The molecule has 8 nitrogen and oxygen atoms in total. The molecular weight excluding hydrogens is 378 g/mol. The molecular formula is C21H31NO7. The van der Waals surface area contributed by atoms with Gasteiger partial charge in [-0.3, -0.25) is 0 Å². The molecule has 3 atom stereocenters. The normalized spacial score (nSPS) is 20.0. The third kappa shape index (κ3) is 4.39. The van der Waals surface area contributed by atoms with Crippen molar-refractivity contribution in [3.8, 4) is 0 Å². The van der Waals surface area contributed by atoms with Gasteiger partial charge < -0.3 is 29.0 Å². The number of fused-ring (bicyclic) bond motifs is 1. The predicted molar refractivity (Wildman–Crippen MR) is 105 cm³/mol. The summed E-state index contributed by atoms with van der Waals surface area (Å²) in [7, 11) is 1.33. The Morgan fingerprint density at radius 1 is 1.38 bits per heavy atom. The molecule has 0 spiro atoms. The van der Waals surface area contributed by atoms with Crippen LogP contribution in [0.15, 0.2) is 23.9 Å². The number of aromatic nitrogens is 1. The summed E-state index contributed by atoms with van der Waals surface area (Å²) in [5.74, 6) is -1.38. The molecule has 1 aromatic rings. The molecule has 0 radical (unpaired) electrons. The number of nitrogens with zero attached hydrogens (tertiary/aromatic N) is 1. The van der Waals surface area contributed by atoms with E-state index in [0.717, 1.165) is 5.69 Å². The molecule has 0 aliphatic carbocycles. The van der Waals surface area contributed by atoms with E-state index in [-0.39, 0.29) is 12.6 Å². The number of hydrogen-bond acceptors (Lipinski definition) is 7. The average molecular weight is 409 g/mol. The monoisotopic (exact) mass is 409 g/mol. The predicted octanol–water partition coefficient (Wildman–Crippen LogP) is 2.02. The lowest BCUT2D eigenvalue weighted by molar-refractivity contribution is -0.218. The van der Waals surface area contributed by atoms with Gasteiger partial charge in [0.1, 0.15) is 18.3 Å². The second kappa shape index (κ2) is 8.69. The number of allylic oxidation sites excluding steroid dienone is 1. The number of carbonyl (C=O) groups excluding carboxylic acids is 2. The van der Waals surface area contributed by atoms with E-state index in [1.807, 2.05) is 10.8 Å². The molecule has 8 heteroatoms. The highest BCUT2D eigenvalue weighted by Gasteiger charge is 2.55. The minimum atomic E-state index is -2.25. The fourth-order valence-electron chi connectivity index (χ4n) is 3.42. The van der Waals surface area contributed by atoms with Crippen LogP contribution in [0.25, 0.3) is 0 Å². The Hall–Kier alpha value is -2.16. The van der Waals surface area contributed by atoms with E-state index in [2.05, 4.69) is 0 Å². The molecule has 0 saturated carbocycles. The largest absolute Gasteiger partial charge is 0.458 e. The summed E-state index contributed by atoms with van der Waals surface area (Å²) in [6.07, 6.45) is 2.73. The Bertz CT molecular complexity index is 789. The van der Waals surface area contributed by atoms with Gasteiger partial charge in [-0.25, -0.2) is 9.59 Å². The first kappa shape index (κ1) is 23.1. The number of methoxy groups -OCH3 is 1. The van der Waals surface area contributed by atoms with Gasteiger partial charge in [-0.05, 0) is 40.7 Å². The zero-order valence-electron chi connectivity index (χ0n) is 17.9. The van der Waals surface area contributed by atoms with Crippen molar-refractivity contribution in [2.45, 2.75) is 77.6 Å². The molecule has 1 aliphatic rings. The topological polar surface area (TPSA) is 107 Å². The van der Waals surface area contributed by atoms with Gasteiger partial charge >= 0.3 is 11.9 Å². The maximum atomic E-state index is 12.7. The lowest BCUT2D eigenvalue weighted by Gasteiger charge is -2.39. The van der Waals surface area contributed by atoms with Crippen molar-refractivity contribution >= 4 is 11.9 Å². The summed E-state index contributed by atoms with van der Waals surface area (Å²) < 4.78 is 18.0. The van der Waals surface area contributed by atoms with Crippen molar-refractivity contribution in [1.82, 2.24) is 4.57 Å². The molecule has 0 amide bonds. The molecule has 1 aromatic heterocycles. The third-order valence-corrected chi connectivity index (χ3v) is 5.58. The van der Waals surface area contributed by atoms with Gasteiger partial charge in [0, 0.05) is 37.4 Å². The first-order valence-electron chi connectivity index (χ1n) is 9.63. The molecule has 0 saturated heterocycles. The van der Waals surface area contributed by atoms with Crippen LogP contribution < -0.4 is 0 Å². The molecule has 0 aromatic carbocycles. The van der Waals surface area contributed by atoms with E-state index in [4.69, 9.17) is 14.2 Å². The molecule has 162 valence electrons. The molecule has 1 aliphatic heterocycles. The summed E-state index contributed by atoms with van der Waals surface area (Å²) in [6.45, 7) is 8.13. The zero-order valence-corrected chi connectivity index (χ0v) is 17.9. The second-order valence-corrected chi connectivity index (χ2v) is 7.85. The summed E-state index contributed by atoms with van der Waals surface area (Å²) >= 11 is 0. The Morgan fingerprint density at radius 2 is 2.03 bits per heavy atom. The molecule has 3 unspecified atom stereocenters. The van der Waals surface area contributed by atoms with Crippen LogP contribution in [0.4, 0.5) is 0 Å². The lowest BCUT2D eigenvalue weighted by atomic mass is 9.81. The van der Waals surface area contributed by atoms with Crippen molar-refractivity contribution in [1.29, 1.82) is 0 Å².